The van der Waals surface area contributed by atoms with E-state index in [1.54, 1.807) is 38.5 Å². The summed E-state index contributed by atoms with van der Waals surface area (Å²) < 4.78 is 16.5. The summed E-state index contributed by atoms with van der Waals surface area (Å²) in [5.41, 5.74) is 7.77. The maximum Gasteiger partial charge on any atom is 0.170 e. The molecule has 114 valence electrons. The van der Waals surface area contributed by atoms with Crippen LogP contribution in [-0.2, 0) is 0 Å². The highest BCUT2D eigenvalue weighted by Crippen LogP contribution is 2.38. The molecule has 0 saturated carbocycles. The third-order valence-corrected chi connectivity index (χ3v) is 3.73. The summed E-state index contributed by atoms with van der Waals surface area (Å²) in [6.45, 7) is 0. The van der Waals surface area contributed by atoms with Gasteiger partial charge in [-0.15, -0.1) is 0 Å². The van der Waals surface area contributed by atoms with Gasteiger partial charge in [-0.3, -0.25) is 4.79 Å². The van der Waals surface area contributed by atoms with Gasteiger partial charge in [0.05, 0.1) is 26.2 Å². The van der Waals surface area contributed by atoms with E-state index in [4.69, 9.17) is 19.9 Å². The van der Waals surface area contributed by atoms with Crippen molar-refractivity contribution in [2.45, 2.75) is 12.5 Å². The van der Waals surface area contributed by atoms with Crippen molar-refractivity contribution < 1.29 is 19.0 Å². The summed E-state index contributed by atoms with van der Waals surface area (Å²) in [4.78, 5) is 12.3. The molecule has 0 bridgehead atoms. The molecule has 1 heterocycles. The van der Waals surface area contributed by atoms with Crippen LogP contribution in [0.15, 0.2) is 36.4 Å². The number of carbonyl (C=O) groups excluding carboxylic acids is 1. The Kier molecular flexibility index (Phi) is 3.63. The minimum absolute atomic E-state index is 0.0426. The van der Waals surface area contributed by atoms with E-state index in [9.17, 15) is 4.79 Å². The Balaban J connectivity index is 1.95. The predicted octanol–water partition coefficient (Wildman–Crippen LogP) is 2.99. The molecule has 1 aliphatic heterocycles. The number of benzene rings is 2. The summed E-state index contributed by atoms with van der Waals surface area (Å²) >= 11 is 0. The van der Waals surface area contributed by atoms with Gasteiger partial charge in [-0.05, 0) is 29.8 Å². The largest absolute Gasteiger partial charge is 0.493 e. The fourth-order valence-electron chi connectivity index (χ4n) is 2.58. The van der Waals surface area contributed by atoms with Crippen LogP contribution in [0, 0.1) is 0 Å². The molecule has 1 aliphatic rings. The van der Waals surface area contributed by atoms with Gasteiger partial charge in [0.15, 0.2) is 17.3 Å². The van der Waals surface area contributed by atoms with Crippen molar-refractivity contribution >= 4 is 11.5 Å². The topological polar surface area (TPSA) is 70.8 Å². The molecule has 0 saturated heterocycles. The van der Waals surface area contributed by atoms with Crippen LogP contribution < -0.4 is 19.9 Å². The van der Waals surface area contributed by atoms with Gasteiger partial charge in [0.25, 0.3) is 0 Å². The van der Waals surface area contributed by atoms with E-state index >= 15 is 0 Å². The maximum atomic E-state index is 12.3. The zero-order valence-corrected chi connectivity index (χ0v) is 12.5. The van der Waals surface area contributed by atoms with E-state index in [1.807, 2.05) is 12.1 Å². The van der Waals surface area contributed by atoms with Gasteiger partial charge in [0, 0.05) is 11.8 Å². The molecule has 0 aliphatic carbocycles. The summed E-state index contributed by atoms with van der Waals surface area (Å²) in [6, 6.07) is 10.6. The Hall–Kier alpha value is -2.69. The number of rotatable bonds is 3. The van der Waals surface area contributed by atoms with Crippen LogP contribution in [0.2, 0.25) is 0 Å². The first-order valence-electron chi connectivity index (χ1n) is 6.93. The number of hydrogen-bond donors (Lipinski definition) is 1. The lowest BCUT2D eigenvalue weighted by Gasteiger charge is -2.26. The number of anilines is 1. The molecule has 0 amide bonds. The summed E-state index contributed by atoms with van der Waals surface area (Å²) in [5, 5.41) is 0. The third-order valence-electron chi connectivity index (χ3n) is 3.73. The number of nitrogen functional groups attached to an aromatic ring is 1. The molecule has 0 fully saturated rings. The van der Waals surface area contributed by atoms with E-state index < -0.39 is 0 Å². The van der Waals surface area contributed by atoms with E-state index in [0.717, 1.165) is 5.56 Å². The zero-order valence-electron chi connectivity index (χ0n) is 12.5. The molecular weight excluding hydrogens is 282 g/mol. The molecule has 0 aromatic heterocycles. The molecule has 1 atom stereocenters. The van der Waals surface area contributed by atoms with Gasteiger partial charge in [0.2, 0.25) is 0 Å². The molecule has 1 unspecified atom stereocenters. The van der Waals surface area contributed by atoms with Gasteiger partial charge >= 0.3 is 0 Å². The fourth-order valence-corrected chi connectivity index (χ4v) is 2.58. The molecule has 0 spiro atoms. The Labute approximate surface area is 128 Å². The number of Topliss-reactive ketones (excluding diaryl/α,β-unsaturated/α-hetero) is 1. The number of ether oxygens (including phenoxy) is 3. The molecule has 22 heavy (non-hydrogen) atoms. The van der Waals surface area contributed by atoms with Crippen molar-refractivity contribution in [2.75, 3.05) is 20.0 Å². The second kappa shape index (κ2) is 5.60. The molecule has 0 radical (unpaired) electrons. The first-order chi connectivity index (χ1) is 10.6. The van der Waals surface area contributed by atoms with Crippen LogP contribution in [0.3, 0.4) is 0 Å². The van der Waals surface area contributed by atoms with Gasteiger partial charge in [-0.1, -0.05) is 6.07 Å². The van der Waals surface area contributed by atoms with Crippen LogP contribution in [-0.4, -0.2) is 20.0 Å². The van der Waals surface area contributed by atoms with Crippen LogP contribution >= 0.6 is 0 Å². The van der Waals surface area contributed by atoms with E-state index in [-0.39, 0.29) is 18.3 Å². The Morgan fingerprint density at radius 3 is 2.59 bits per heavy atom. The predicted molar refractivity (Wildman–Crippen MR) is 82.7 cm³/mol. The SMILES string of the molecule is COc1ccc(C2CC(=O)c3ccc(N)cc3O2)cc1OC. The Morgan fingerprint density at radius 2 is 1.86 bits per heavy atom. The average Bonchev–Trinajstić information content (AvgIpc) is 2.53. The highest BCUT2D eigenvalue weighted by molar-refractivity contribution is 6.00. The lowest BCUT2D eigenvalue weighted by Crippen LogP contribution is -2.20. The number of carbonyl (C=O) groups is 1. The molecule has 2 aromatic carbocycles. The zero-order chi connectivity index (χ0) is 15.7. The Bertz CT molecular complexity index is 727. The van der Waals surface area contributed by atoms with Crippen LogP contribution in [0.4, 0.5) is 5.69 Å². The lowest BCUT2D eigenvalue weighted by molar-refractivity contribution is 0.0850. The molecule has 5 nitrogen and oxygen atoms in total. The van der Waals surface area contributed by atoms with Crippen molar-refractivity contribution in [1.82, 2.24) is 0 Å². The van der Waals surface area contributed by atoms with Crippen molar-refractivity contribution in [3.8, 4) is 17.2 Å². The average molecular weight is 299 g/mol. The minimum Gasteiger partial charge on any atom is -0.493 e. The number of fused-ring (bicyclic) bond motifs is 1. The molecule has 3 rings (SSSR count). The highest BCUT2D eigenvalue weighted by Gasteiger charge is 2.28. The second-order valence-electron chi connectivity index (χ2n) is 5.10. The number of nitrogens with two attached hydrogens (primary N) is 1. The van der Waals surface area contributed by atoms with Gasteiger partial charge in [-0.25, -0.2) is 0 Å². The first kappa shape index (κ1) is 14.3. The van der Waals surface area contributed by atoms with Crippen molar-refractivity contribution in [3.63, 3.8) is 0 Å². The van der Waals surface area contributed by atoms with E-state index in [0.29, 0.717) is 28.5 Å². The lowest BCUT2D eigenvalue weighted by atomic mass is 9.96. The third kappa shape index (κ3) is 2.45. The first-order valence-corrected chi connectivity index (χ1v) is 6.93. The highest BCUT2D eigenvalue weighted by atomic mass is 16.5. The number of ketones is 1. The maximum absolute atomic E-state index is 12.3. The number of hydrogen-bond acceptors (Lipinski definition) is 5. The van der Waals surface area contributed by atoms with Crippen molar-refractivity contribution in [3.05, 3.63) is 47.5 Å². The summed E-state index contributed by atoms with van der Waals surface area (Å²) in [6.07, 6.45) is -0.0755. The second-order valence-corrected chi connectivity index (χ2v) is 5.10. The normalized spacial score (nSPS) is 16.6. The summed E-state index contributed by atoms with van der Waals surface area (Å²) in [5.74, 6) is 1.81. The van der Waals surface area contributed by atoms with Gasteiger partial charge in [-0.2, -0.15) is 0 Å². The number of methoxy groups -OCH3 is 2. The minimum atomic E-state index is -0.360. The summed E-state index contributed by atoms with van der Waals surface area (Å²) in [7, 11) is 3.15. The van der Waals surface area contributed by atoms with E-state index in [2.05, 4.69) is 0 Å². The molecule has 5 heteroatoms. The van der Waals surface area contributed by atoms with Crippen molar-refractivity contribution in [1.29, 1.82) is 0 Å². The fraction of sp³-hybridized carbons (Fsp3) is 0.235. The van der Waals surface area contributed by atoms with Gasteiger partial charge < -0.3 is 19.9 Å². The van der Waals surface area contributed by atoms with Crippen molar-refractivity contribution in [2.24, 2.45) is 0 Å². The van der Waals surface area contributed by atoms with Gasteiger partial charge in [0.1, 0.15) is 11.9 Å². The van der Waals surface area contributed by atoms with Crippen LogP contribution in [0.1, 0.15) is 28.4 Å². The standard InChI is InChI=1S/C17H17NO4/c1-20-14-6-3-10(7-17(14)21-2)15-9-13(19)12-5-4-11(18)8-16(12)22-15/h3-8,15H,9,18H2,1-2H3. The molecular formula is C17H17NO4. The van der Waals surface area contributed by atoms with Crippen LogP contribution in [0.5, 0.6) is 17.2 Å². The Morgan fingerprint density at radius 1 is 1.09 bits per heavy atom. The smallest absolute Gasteiger partial charge is 0.170 e. The molecule has 2 N–H and O–H groups in total. The monoisotopic (exact) mass is 299 g/mol. The van der Waals surface area contributed by atoms with E-state index in [1.165, 1.54) is 0 Å². The quantitative estimate of drug-likeness (QED) is 0.882. The van der Waals surface area contributed by atoms with Crippen LogP contribution in [0.25, 0.3) is 0 Å². The molecule has 2 aromatic rings.